The first-order valence-corrected chi connectivity index (χ1v) is 13.8. The maximum atomic E-state index is 13.9. The Labute approximate surface area is 208 Å². The minimum absolute atomic E-state index is 0.0767. The van der Waals surface area contributed by atoms with Gasteiger partial charge in [-0.25, -0.2) is 8.42 Å². The van der Waals surface area contributed by atoms with E-state index in [4.69, 9.17) is 15.5 Å². The Morgan fingerprint density at radius 3 is 2.46 bits per heavy atom. The lowest BCUT2D eigenvalue weighted by molar-refractivity contribution is 0.0685. The number of aryl methyl sites for hydroxylation is 1. The van der Waals surface area contributed by atoms with Gasteiger partial charge in [0.15, 0.2) is 0 Å². The Morgan fingerprint density at radius 1 is 1.17 bits per heavy atom. The quantitative estimate of drug-likeness (QED) is 0.557. The molecule has 0 atom stereocenters. The molecule has 0 radical (unpaired) electrons. The molecule has 2 heterocycles. The van der Waals surface area contributed by atoms with E-state index in [-0.39, 0.29) is 16.4 Å². The lowest BCUT2D eigenvalue weighted by Gasteiger charge is -2.27. The molecule has 2 aliphatic heterocycles. The first-order valence-electron chi connectivity index (χ1n) is 12.4. The zero-order valence-corrected chi connectivity index (χ0v) is 21.6. The molecule has 0 spiro atoms. The van der Waals surface area contributed by atoms with E-state index in [2.05, 4.69) is 6.92 Å². The van der Waals surface area contributed by atoms with Crippen LogP contribution < -0.4 is 10.0 Å². The predicted molar refractivity (Wildman–Crippen MR) is 139 cm³/mol. The first kappa shape index (κ1) is 25.4. The number of hydrogen-bond donors (Lipinski definition) is 1. The molecule has 2 aromatic carbocycles. The number of hydrogen-bond acceptors (Lipinski definition) is 5. The van der Waals surface area contributed by atoms with Crippen LogP contribution >= 0.6 is 0 Å². The van der Waals surface area contributed by atoms with Crippen LogP contribution in [0.4, 0.5) is 5.69 Å². The van der Waals surface area contributed by atoms with Gasteiger partial charge in [0.1, 0.15) is 0 Å². The number of fused-ring (bicyclic) bond motifs is 1. The Kier molecular flexibility index (Phi) is 7.62. The molecule has 7 nitrogen and oxygen atoms in total. The second kappa shape index (κ2) is 10.5. The molecule has 0 saturated carbocycles. The number of nitrogens with zero attached hydrogens (tertiary/aromatic N) is 2. The predicted octanol–water partition coefficient (Wildman–Crippen LogP) is 4.32. The van der Waals surface area contributed by atoms with E-state index < -0.39 is 15.9 Å². The number of ether oxygens (including phenoxy) is 1. The third-order valence-electron chi connectivity index (χ3n) is 6.76. The number of anilines is 1. The molecule has 2 aliphatic rings. The topological polar surface area (TPSA) is 102 Å². The van der Waals surface area contributed by atoms with Crippen LogP contribution in [-0.2, 0) is 27.7 Å². The largest absolute Gasteiger partial charge is 0.381 e. The number of aliphatic imine (C=N–C) groups is 1. The first-order chi connectivity index (χ1) is 16.7. The molecule has 1 saturated heterocycles. The van der Waals surface area contributed by atoms with Gasteiger partial charge in [-0.1, -0.05) is 32.9 Å². The van der Waals surface area contributed by atoms with Gasteiger partial charge in [0.25, 0.3) is 10.0 Å². The molecule has 8 heteroatoms. The highest BCUT2D eigenvalue weighted by molar-refractivity contribution is 7.92. The van der Waals surface area contributed by atoms with E-state index in [0.29, 0.717) is 30.3 Å². The third kappa shape index (κ3) is 5.43. The molecular formula is C27H35N3O4S. The Bertz CT molecular complexity index is 1210. The second-order valence-corrected chi connectivity index (χ2v) is 11.7. The van der Waals surface area contributed by atoms with Gasteiger partial charge in [-0.15, -0.1) is 0 Å². The van der Waals surface area contributed by atoms with Gasteiger partial charge in [0, 0.05) is 36.6 Å². The highest BCUT2D eigenvalue weighted by atomic mass is 32.2. The molecule has 0 aliphatic carbocycles. The number of sulfonamides is 1. The van der Waals surface area contributed by atoms with Crippen molar-refractivity contribution in [3.8, 4) is 0 Å². The molecule has 0 aromatic heterocycles. The van der Waals surface area contributed by atoms with Crippen molar-refractivity contribution < 1.29 is 17.9 Å². The second-order valence-electron chi connectivity index (χ2n) is 9.84. The van der Waals surface area contributed by atoms with Crippen molar-refractivity contribution >= 4 is 27.3 Å². The summed E-state index contributed by atoms with van der Waals surface area (Å²) in [7, 11) is -3.93. The van der Waals surface area contributed by atoms with Crippen molar-refractivity contribution in [3.63, 3.8) is 0 Å². The summed E-state index contributed by atoms with van der Waals surface area (Å²) in [6.07, 6.45) is 3.52. The Hall–Kier alpha value is -2.71. The Balaban J connectivity index is 1.72. The van der Waals surface area contributed by atoms with Crippen molar-refractivity contribution in [1.82, 2.24) is 0 Å². The summed E-state index contributed by atoms with van der Waals surface area (Å²) < 4.78 is 34.7. The number of amides is 1. The van der Waals surface area contributed by atoms with Crippen LogP contribution in [0.5, 0.6) is 0 Å². The molecular weight excluding hydrogens is 462 g/mol. The molecule has 1 amide bonds. The van der Waals surface area contributed by atoms with Gasteiger partial charge in [-0.2, -0.15) is 0 Å². The Morgan fingerprint density at radius 2 is 1.86 bits per heavy atom. The van der Waals surface area contributed by atoms with E-state index in [1.165, 1.54) is 10.4 Å². The number of benzene rings is 2. The molecule has 188 valence electrons. The fraction of sp³-hybridized carbons (Fsp3) is 0.481. The van der Waals surface area contributed by atoms with Crippen LogP contribution in [0.2, 0.25) is 0 Å². The number of carbonyl (C=O) groups is 1. The molecule has 2 N–H and O–H groups in total. The van der Waals surface area contributed by atoms with Gasteiger partial charge in [0.05, 0.1) is 17.1 Å². The summed E-state index contributed by atoms with van der Waals surface area (Å²) in [5.74, 6) is -0.0946. The smallest absolute Gasteiger partial charge is 0.264 e. The maximum Gasteiger partial charge on any atom is 0.264 e. The highest BCUT2D eigenvalue weighted by Crippen LogP contribution is 2.33. The minimum atomic E-state index is -3.93. The molecule has 4 rings (SSSR count). The standard InChI is InChI=1S/C27H35N3O4S/c1-4-19-5-7-22(8-6-19)30(17-18(2)3)35(32,33)23-14-21-16-29-25(13-20-9-11-34-12-10-20)26(21)24(15-23)27(28)31/h5-8,14-15,18,20H,4,9-13,16-17H2,1-3H3,(H2,28,31). The van der Waals surface area contributed by atoms with E-state index in [0.717, 1.165) is 55.7 Å². The lowest BCUT2D eigenvalue weighted by atomic mass is 9.89. The average Bonchev–Trinajstić information content (AvgIpc) is 3.25. The number of primary amides is 1. The van der Waals surface area contributed by atoms with Gasteiger partial charge in [-0.05, 0) is 72.9 Å². The normalized spacial score (nSPS) is 16.3. The van der Waals surface area contributed by atoms with Crippen molar-refractivity contribution in [3.05, 3.63) is 58.7 Å². The van der Waals surface area contributed by atoms with Crippen molar-refractivity contribution in [2.45, 2.75) is 57.9 Å². The number of rotatable bonds is 9. The summed E-state index contributed by atoms with van der Waals surface area (Å²) in [5.41, 5.74) is 10.0. The average molecular weight is 498 g/mol. The fourth-order valence-corrected chi connectivity index (χ4v) is 6.54. The summed E-state index contributed by atoms with van der Waals surface area (Å²) in [6.45, 7) is 8.17. The van der Waals surface area contributed by atoms with Crippen LogP contribution in [-0.4, -0.2) is 39.8 Å². The van der Waals surface area contributed by atoms with Crippen LogP contribution in [0.25, 0.3) is 0 Å². The van der Waals surface area contributed by atoms with Crippen molar-refractivity contribution in [1.29, 1.82) is 0 Å². The van der Waals surface area contributed by atoms with Crippen LogP contribution in [0.3, 0.4) is 0 Å². The molecule has 35 heavy (non-hydrogen) atoms. The van der Waals surface area contributed by atoms with Crippen molar-refractivity contribution in [2.24, 2.45) is 22.6 Å². The monoisotopic (exact) mass is 497 g/mol. The molecule has 1 fully saturated rings. The highest BCUT2D eigenvalue weighted by Gasteiger charge is 2.32. The van der Waals surface area contributed by atoms with Crippen LogP contribution in [0.15, 0.2) is 46.3 Å². The summed E-state index contributed by atoms with van der Waals surface area (Å²) in [5, 5.41) is 0. The molecule has 0 bridgehead atoms. The SMILES string of the molecule is CCc1ccc(N(CC(C)C)S(=O)(=O)c2cc3c(c(C(N)=O)c2)C(CC2CCOCC2)=NC3)cc1. The van der Waals surface area contributed by atoms with E-state index in [9.17, 15) is 13.2 Å². The molecule has 2 aromatic rings. The maximum absolute atomic E-state index is 13.9. The number of carbonyl (C=O) groups excluding carboxylic acids is 1. The third-order valence-corrected chi connectivity index (χ3v) is 8.53. The van der Waals surface area contributed by atoms with Gasteiger partial charge < -0.3 is 10.5 Å². The van der Waals surface area contributed by atoms with Crippen LogP contribution in [0, 0.1) is 11.8 Å². The van der Waals surface area contributed by atoms with E-state index in [1.807, 2.05) is 38.1 Å². The van der Waals surface area contributed by atoms with Crippen molar-refractivity contribution in [2.75, 3.05) is 24.1 Å². The van der Waals surface area contributed by atoms with Gasteiger partial charge in [0.2, 0.25) is 5.91 Å². The van der Waals surface area contributed by atoms with Crippen LogP contribution in [0.1, 0.15) is 67.1 Å². The zero-order valence-electron chi connectivity index (χ0n) is 20.8. The fourth-order valence-electron chi connectivity index (χ4n) is 4.83. The van der Waals surface area contributed by atoms with Gasteiger partial charge in [-0.3, -0.25) is 14.1 Å². The number of nitrogens with two attached hydrogens (primary N) is 1. The summed E-state index contributed by atoms with van der Waals surface area (Å²) >= 11 is 0. The lowest BCUT2D eigenvalue weighted by Crippen LogP contribution is -2.34. The van der Waals surface area contributed by atoms with E-state index in [1.54, 1.807) is 6.07 Å². The summed E-state index contributed by atoms with van der Waals surface area (Å²) in [4.78, 5) is 17.3. The van der Waals surface area contributed by atoms with Gasteiger partial charge >= 0.3 is 0 Å². The zero-order chi connectivity index (χ0) is 25.2. The van der Waals surface area contributed by atoms with E-state index >= 15 is 0 Å². The minimum Gasteiger partial charge on any atom is -0.381 e. The molecule has 0 unspecified atom stereocenters. The summed E-state index contributed by atoms with van der Waals surface area (Å²) in [6, 6.07) is 10.7.